The number of benzene rings is 1. The molecule has 2 nitrogen and oxygen atoms in total. The number of hydrogen-bond donors (Lipinski definition) is 1. The van der Waals surface area contributed by atoms with Crippen molar-refractivity contribution >= 4 is 0 Å². The first-order valence-electron chi connectivity index (χ1n) is 7.82. The van der Waals surface area contributed by atoms with Crippen LogP contribution >= 0.6 is 0 Å². The maximum Gasteiger partial charge on any atom is 0.00206 e. The van der Waals surface area contributed by atoms with E-state index in [-0.39, 0.29) is 0 Å². The number of rotatable bonds is 2. The summed E-state index contributed by atoms with van der Waals surface area (Å²) < 4.78 is 0. The summed E-state index contributed by atoms with van der Waals surface area (Å²) in [4.78, 5) is 2.47. The van der Waals surface area contributed by atoms with Gasteiger partial charge in [-0.05, 0) is 75.3 Å². The molecular formula is C17H26N2. The van der Waals surface area contributed by atoms with Gasteiger partial charge >= 0.3 is 0 Å². The van der Waals surface area contributed by atoms with Gasteiger partial charge in [-0.2, -0.15) is 0 Å². The highest BCUT2D eigenvalue weighted by molar-refractivity contribution is 5.28. The van der Waals surface area contributed by atoms with E-state index >= 15 is 0 Å². The van der Waals surface area contributed by atoms with Gasteiger partial charge in [0, 0.05) is 6.54 Å². The van der Waals surface area contributed by atoms with E-state index in [1.165, 1.54) is 50.9 Å². The lowest BCUT2D eigenvalue weighted by molar-refractivity contribution is 0.347. The molecule has 0 bridgehead atoms. The minimum absolute atomic E-state index is 0.745. The van der Waals surface area contributed by atoms with Crippen molar-refractivity contribution in [1.29, 1.82) is 0 Å². The minimum atomic E-state index is 0.745. The van der Waals surface area contributed by atoms with Crippen molar-refractivity contribution in [2.45, 2.75) is 37.5 Å². The summed E-state index contributed by atoms with van der Waals surface area (Å²) in [6, 6.07) is 9.54. The molecule has 104 valence electrons. The summed E-state index contributed by atoms with van der Waals surface area (Å²) in [7, 11) is 2.25. The first kappa shape index (κ1) is 13.1. The van der Waals surface area contributed by atoms with E-state index in [1.54, 1.807) is 5.56 Å². The second-order valence-electron chi connectivity index (χ2n) is 6.29. The Labute approximate surface area is 117 Å². The fourth-order valence-corrected chi connectivity index (χ4v) is 3.55. The molecule has 2 fully saturated rings. The van der Waals surface area contributed by atoms with Gasteiger partial charge in [0.25, 0.3) is 0 Å². The number of nitrogens with zero attached hydrogens (tertiary/aromatic N) is 1. The summed E-state index contributed by atoms with van der Waals surface area (Å²) in [6.07, 6.45) is 5.32. The highest BCUT2D eigenvalue weighted by atomic mass is 15.1. The van der Waals surface area contributed by atoms with Crippen molar-refractivity contribution in [3.05, 3.63) is 35.4 Å². The molecule has 2 heteroatoms. The molecule has 2 aliphatic rings. The van der Waals surface area contributed by atoms with E-state index in [1.807, 2.05) is 0 Å². The van der Waals surface area contributed by atoms with E-state index in [0.29, 0.717) is 0 Å². The second kappa shape index (κ2) is 6.06. The number of likely N-dealkylation sites (tertiary alicyclic amines) is 1. The van der Waals surface area contributed by atoms with Crippen LogP contribution in [-0.2, 0) is 0 Å². The Morgan fingerprint density at radius 3 is 2.37 bits per heavy atom. The van der Waals surface area contributed by atoms with Crippen molar-refractivity contribution in [3.63, 3.8) is 0 Å². The molecule has 2 heterocycles. The third-order valence-corrected chi connectivity index (χ3v) is 4.89. The van der Waals surface area contributed by atoms with Crippen LogP contribution in [0.25, 0.3) is 0 Å². The van der Waals surface area contributed by atoms with Crippen LogP contribution in [0.2, 0.25) is 0 Å². The lowest BCUT2D eigenvalue weighted by atomic mass is 9.89. The first-order chi connectivity index (χ1) is 9.33. The van der Waals surface area contributed by atoms with Gasteiger partial charge in [0.1, 0.15) is 0 Å². The van der Waals surface area contributed by atoms with Crippen LogP contribution in [0.1, 0.15) is 48.6 Å². The molecule has 2 unspecified atom stereocenters. The van der Waals surface area contributed by atoms with Crippen LogP contribution in [0.5, 0.6) is 0 Å². The molecule has 0 spiro atoms. The molecule has 19 heavy (non-hydrogen) atoms. The van der Waals surface area contributed by atoms with Crippen molar-refractivity contribution in [3.8, 4) is 0 Å². The van der Waals surface area contributed by atoms with Crippen LogP contribution in [0.4, 0.5) is 0 Å². The maximum atomic E-state index is 3.46. The molecular weight excluding hydrogens is 232 g/mol. The molecule has 3 rings (SSSR count). The average Bonchev–Trinajstić information content (AvgIpc) is 2.89. The predicted molar refractivity (Wildman–Crippen MR) is 80.8 cm³/mol. The molecule has 0 aromatic heterocycles. The smallest absolute Gasteiger partial charge is 0.00206 e. The van der Waals surface area contributed by atoms with Gasteiger partial charge in [-0.3, -0.25) is 0 Å². The molecule has 2 atom stereocenters. The van der Waals surface area contributed by atoms with Crippen molar-refractivity contribution in [2.24, 2.45) is 0 Å². The van der Waals surface area contributed by atoms with E-state index in [0.717, 1.165) is 18.4 Å². The van der Waals surface area contributed by atoms with Crippen LogP contribution in [0, 0.1) is 0 Å². The normalized spacial score (nSPS) is 29.3. The van der Waals surface area contributed by atoms with Gasteiger partial charge in [0.05, 0.1) is 0 Å². The Hall–Kier alpha value is -0.860. The Balaban J connectivity index is 1.67. The van der Waals surface area contributed by atoms with Crippen LogP contribution in [-0.4, -0.2) is 38.1 Å². The van der Waals surface area contributed by atoms with Gasteiger partial charge in [-0.25, -0.2) is 0 Å². The van der Waals surface area contributed by atoms with Crippen molar-refractivity contribution < 1.29 is 0 Å². The monoisotopic (exact) mass is 258 g/mol. The molecule has 2 saturated heterocycles. The van der Waals surface area contributed by atoms with Gasteiger partial charge in [-0.15, -0.1) is 0 Å². The van der Waals surface area contributed by atoms with Crippen LogP contribution in [0.3, 0.4) is 0 Å². The third-order valence-electron chi connectivity index (χ3n) is 4.89. The molecule has 1 aromatic carbocycles. The lowest BCUT2D eigenvalue weighted by Crippen LogP contribution is -2.18. The second-order valence-corrected chi connectivity index (χ2v) is 6.29. The minimum Gasteiger partial charge on any atom is -0.316 e. The highest BCUT2D eigenvalue weighted by Gasteiger charge is 2.19. The molecule has 0 aliphatic carbocycles. The van der Waals surface area contributed by atoms with Gasteiger partial charge in [0.15, 0.2) is 0 Å². The van der Waals surface area contributed by atoms with Gasteiger partial charge in [0.2, 0.25) is 0 Å². The van der Waals surface area contributed by atoms with Crippen molar-refractivity contribution in [1.82, 2.24) is 10.2 Å². The Kier molecular flexibility index (Phi) is 4.19. The van der Waals surface area contributed by atoms with Gasteiger partial charge in [-0.1, -0.05) is 24.3 Å². The summed E-state index contributed by atoms with van der Waals surface area (Å²) >= 11 is 0. The topological polar surface area (TPSA) is 15.3 Å². The molecule has 2 aliphatic heterocycles. The maximum absolute atomic E-state index is 3.46. The molecule has 1 aromatic rings. The summed E-state index contributed by atoms with van der Waals surface area (Å²) in [5, 5.41) is 3.46. The van der Waals surface area contributed by atoms with Crippen molar-refractivity contribution in [2.75, 3.05) is 33.2 Å². The van der Waals surface area contributed by atoms with Crippen LogP contribution in [0.15, 0.2) is 24.3 Å². The van der Waals surface area contributed by atoms with Crippen LogP contribution < -0.4 is 5.32 Å². The third kappa shape index (κ3) is 3.18. The zero-order valence-electron chi connectivity index (χ0n) is 12.1. The largest absolute Gasteiger partial charge is 0.316 e. The van der Waals surface area contributed by atoms with E-state index in [4.69, 9.17) is 0 Å². The average molecular weight is 258 g/mol. The van der Waals surface area contributed by atoms with Gasteiger partial charge < -0.3 is 10.2 Å². The van der Waals surface area contributed by atoms with E-state index < -0.39 is 0 Å². The standard InChI is InChI=1S/C17H26N2/c1-19-11-2-3-14(9-12-19)15-4-6-16(7-5-15)17-8-10-18-13-17/h4-7,14,17-18H,2-3,8-13H2,1H3. The lowest BCUT2D eigenvalue weighted by Gasteiger charge is -2.17. The molecule has 0 amide bonds. The zero-order valence-corrected chi connectivity index (χ0v) is 12.1. The first-order valence-corrected chi connectivity index (χ1v) is 7.82. The fraction of sp³-hybridized carbons (Fsp3) is 0.647. The Morgan fingerprint density at radius 1 is 0.947 bits per heavy atom. The van der Waals surface area contributed by atoms with E-state index in [9.17, 15) is 0 Å². The highest BCUT2D eigenvalue weighted by Crippen LogP contribution is 2.30. The number of hydrogen-bond acceptors (Lipinski definition) is 2. The Morgan fingerprint density at radius 2 is 1.68 bits per heavy atom. The molecule has 1 N–H and O–H groups in total. The SMILES string of the molecule is CN1CCCC(c2ccc(C3CCNC3)cc2)CC1. The molecule has 0 radical (unpaired) electrons. The number of nitrogens with one attached hydrogen (secondary N) is 1. The summed E-state index contributed by atoms with van der Waals surface area (Å²) in [5.74, 6) is 1.52. The quantitative estimate of drug-likeness (QED) is 0.877. The fourth-order valence-electron chi connectivity index (χ4n) is 3.55. The zero-order chi connectivity index (χ0) is 13.1. The predicted octanol–water partition coefficient (Wildman–Crippen LogP) is 2.96. The molecule has 0 saturated carbocycles. The Bertz CT molecular complexity index is 392. The summed E-state index contributed by atoms with van der Waals surface area (Å²) in [5.41, 5.74) is 3.09. The summed E-state index contributed by atoms with van der Waals surface area (Å²) in [6.45, 7) is 4.86. The van der Waals surface area contributed by atoms with E-state index in [2.05, 4.69) is 41.5 Å².